The van der Waals surface area contributed by atoms with Crippen molar-refractivity contribution in [2.45, 2.75) is 18.2 Å². The Kier molecular flexibility index (Phi) is 3.55. The first-order chi connectivity index (χ1) is 6.52. The van der Waals surface area contributed by atoms with Crippen molar-refractivity contribution in [3.05, 3.63) is 35.4 Å². The van der Waals surface area contributed by atoms with Crippen LogP contribution in [0.3, 0.4) is 0 Å². The number of carboxylic acid groups (broad SMARTS) is 1. The van der Waals surface area contributed by atoms with E-state index in [9.17, 15) is 4.79 Å². The number of aliphatic carboxylic acids is 1. The molecule has 76 valence electrons. The Hall–Kier alpha value is -1.00. The summed E-state index contributed by atoms with van der Waals surface area (Å²) < 4.78 is 0. The second-order valence-electron chi connectivity index (χ2n) is 3.22. The quantitative estimate of drug-likeness (QED) is 0.662. The second kappa shape index (κ2) is 4.48. The average molecular weight is 211 g/mol. The Morgan fingerprint density at radius 1 is 1.57 bits per heavy atom. The molecule has 14 heavy (non-hydrogen) atoms. The maximum atomic E-state index is 10.6. The third-order valence-corrected chi connectivity index (χ3v) is 2.63. The Morgan fingerprint density at radius 2 is 2.21 bits per heavy atom. The van der Waals surface area contributed by atoms with E-state index in [4.69, 9.17) is 10.8 Å². The van der Waals surface area contributed by atoms with Crippen molar-refractivity contribution in [2.24, 2.45) is 5.73 Å². The van der Waals surface area contributed by atoms with E-state index in [0.717, 1.165) is 11.1 Å². The summed E-state index contributed by atoms with van der Waals surface area (Å²) in [4.78, 5) is 10.6. The summed E-state index contributed by atoms with van der Waals surface area (Å²) in [7, 11) is 0. The molecule has 0 bridgehead atoms. The van der Waals surface area contributed by atoms with E-state index in [1.54, 1.807) is 0 Å². The maximum absolute atomic E-state index is 10.6. The van der Waals surface area contributed by atoms with Crippen LogP contribution >= 0.6 is 12.6 Å². The van der Waals surface area contributed by atoms with Crippen LogP contribution in [0.15, 0.2) is 24.3 Å². The summed E-state index contributed by atoms with van der Waals surface area (Å²) in [6, 6.07) is 6.55. The zero-order valence-electron chi connectivity index (χ0n) is 7.84. The molecule has 0 heterocycles. The molecule has 0 saturated carbocycles. The molecule has 2 unspecified atom stereocenters. The number of rotatable bonds is 3. The van der Waals surface area contributed by atoms with Crippen molar-refractivity contribution < 1.29 is 9.90 Å². The van der Waals surface area contributed by atoms with Crippen molar-refractivity contribution in [3.63, 3.8) is 0 Å². The number of hydrogen-bond donors (Lipinski definition) is 3. The van der Waals surface area contributed by atoms with Crippen molar-refractivity contribution in [2.75, 3.05) is 0 Å². The van der Waals surface area contributed by atoms with E-state index in [1.165, 1.54) is 0 Å². The van der Waals surface area contributed by atoms with Crippen LogP contribution in [0.1, 0.15) is 16.4 Å². The SMILES string of the molecule is Cc1cccc(C(S)C(N)C(=O)O)c1. The van der Waals surface area contributed by atoms with Gasteiger partial charge in [0.05, 0.1) is 5.25 Å². The molecule has 0 fully saturated rings. The summed E-state index contributed by atoms with van der Waals surface area (Å²) in [5.41, 5.74) is 7.37. The molecule has 0 aliphatic heterocycles. The average Bonchev–Trinajstić information content (AvgIpc) is 2.15. The first-order valence-corrected chi connectivity index (χ1v) is 4.77. The van der Waals surface area contributed by atoms with Gasteiger partial charge in [0.1, 0.15) is 6.04 Å². The molecule has 2 atom stereocenters. The van der Waals surface area contributed by atoms with Crippen molar-refractivity contribution in [1.82, 2.24) is 0 Å². The van der Waals surface area contributed by atoms with Gasteiger partial charge in [-0.3, -0.25) is 4.79 Å². The van der Waals surface area contributed by atoms with Gasteiger partial charge in [0.2, 0.25) is 0 Å². The maximum Gasteiger partial charge on any atom is 0.321 e. The van der Waals surface area contributed by atoms with Crippen molar-refractivity contribution >= 4 is 18.6 Å². The molecule has 0 aliphatic carbocycles. The number of thiol groups is 1. The number of nitrogens with two attached hydrogens (primary N) is 1. The third kappa shape index (κ3) is 2.49. The predicted molar refractivity (Wildman–Crippen MR) is 58.5 cm³/mol. The first-order valence-electron chi connectivity index (χ1n) is 4.25. The van der Waals surface area contributed by atoms with Crippen LogP contribution < -0.4 is 5.73 Å². The van der Waals surface area contributed by atoms with Gasteiger partial charge in [-0.15, -0.1) is 0 Å². The molecule has 1 aromatic carbocycles. The fourth-order valence-corrected chi connectivity index (χ4v) is 1.48. The lowest BCUT2D eigenvalue weighted by Crippen LogP contribution is -2.34. The van der Waals surface area contributed by atoms with E-state index < -0.39 is 17.3 Å². The fraction of sp³-hybridized carbons (Fsp3) is 0.300. The Morgan fingerprint density at radius 3 is 2.71 bits per heavy atom. The van der Waals surface area contributed by atoms with Gasteiger partial charge in [0.15, 0.2) is 0 Å². The number of carboxylic acids is 1. The molecule has 0 radical (unpaired) electrons. The highest BCUT2D eigenvalue weighted by Gasteiger charge is 2.22. The number of carbonyl (C=O) groups is 1. The van der Waals surface area contributed by atoms with Gasteiger partial charge in [-0.1, -0.05) is 29.8 Å². The molecule has 3 N–H and O–H groups in total. The minimum atomic E-state index is -1.04. The highest BCUT2D eigenvalue weighted by atomic mass is 32.1. The summed E-state index contributed by atoms with van der Waals surface area (Å²) >= 11 is 4.20. The molecule has 1 rings (SSSR count). The Balaban J connectivity index is 2.89. The van der Waals surface area contributed by atoms with Crippen LogP contribution in [0.5, 0.6) is 0 Å². The smallest absolute Gasteiger partial charge is 0.321 e. The Labute approximate surface area is 88.3 Å². The van der Waals surface area contributed by atoms with E-state index in [2.05, 4.69) is 12.6 Å². The molecule has 0 saturated heterocycles. The lowest BCUT2D eigenvalue weighted by molar-refractivity contribution is -0.138. The van der Waals surface area contributed by atoms with E-state index in [0.29, 0.717) is 0 Å². The largest absolute Gasteiger partial charge is 0.480 e. The molecule has 1 aromatic rings. The molecule has 3 nitrogen and oxygen atoms in total. The van der Waals surface area contributed by atoms with Gasteiger partial charge in [-0.05, 0) is 12.5 Å². The van der Waals surface area contributed by atoms with Gasteiger partial charge in [0.25, 0.3) is 0 Å². The van der Waals surface area contributed by atoms with Gasteiger partial charge < -0.3 is 10.8 Å². The summed E-state index contributed by atoms with van der Waals surface area (Å²) in [5, 5.41) is 8.24. The topological polar surface area (TPSA) is 63.3 Å². The highest BCUT2D eigenvalue weighted by molar-refractivity contribution is 7.80. The first kappa shape index (κ1) is 11.1. The standard InChI is InChI=1S/C10H13NO2S/c1-6-3-2-4-7(5-6)9(14)8(11)10(12)13/h2-5,8-9,14H,11H2,1H3,(H,12,13). The van der Waals surface area contributed by atoms with Gasteiger partial charge >= 0.3 is 5.97 Å². The van der Waals surface area contributed by atoms with Crippen LogP contribution in [0.2, 0.25) is 0 Å². The minimum Gasteiger partial charge on any atom is -0.480 e. The molecule has 4 heteroatoms. The number of aryl methyl sites for hydroxylation is 1. The molecule has 0 aromatic heterocycles. The van der Waals surface area contributed by atoms with Crippen molar-refractivity contribution in [1.29, 1.82) is 0 Å². The second-order valence-corrected chi connectivity index (χ2v) is 3.78. The molecule has 0 amide bonds. The van der Waals surface area contributed by atoms with Crippen LogP contribution in [0, 0.1) is 6.92 Å². The molecular weight excluding hydrogens is 198 g/mol. The summed E-state index contributed by atoms with van der Waals surface area (Å²) in [6.07, 6.45) is 0. The molecule has 0 aliphatic rings. The minimum absolute atomic E-state index is 0.465. The van der Waals surface area contributed by atoms with E-state index >= 15 is 0 Å². The summed E-state index contributed by atoms with van der Waals surface area (Å²) in [5.74, 6) is -1.04. The van der Waals surface area contributed by atoms with Gasteiger partial charge in [-0.2, -0.15) is 12.6 Å². The van der Waals surface area contributed by atoms with E-state index in [-0.39, 0.29) is 0 Å². The van der Waals surface area contributed by atoms with Crippen LogP contribution in [0.25, 0.3) is 0 Å². The number of hydrogen-bond acceptors (Lipinski definition) is 3. The predicted octanol–water partition coefficient (Wildman–Crippen LogP) is 1.38. The lowest BCUT2D eigenvalue weighted by atomic mass is 10.0. The highest BCUT2D eigenvalue weighted by Crippen LogP contribution is 2.23. The van der Waals surface area contributed by atoms with Crippen molar-refractivity contribution in [3.8, 4) is 0 Å². The zero-order valence-corrected chi connectivity index (χ0v) is 8.74. The summed E-state index contributed by atoms with van der Waals surface area (Å²) in [6.45, 7) is 1.94. The Bertz CT molecular complexity index is 341. The van der Waals surface area contributed by atoms with Crippen LogP contribution in [-0.2, 0) is 4.79 Å². The fourth-order valence-electron chi connectivity index (χ4n) is 1.20. The third-order valence-electron chi connectivity index (χ3n) is 2.01. The normalized spacial score (nSPS) is 14.8. The molecule has 0 spiro atoms. The molecular formula is C10H13NO2S. The lowest BCUT2D eigenvalue weighted by Gasteiger charge is -2.15. The monoisotopic (exact) mass is 211 g/mol. The zero-order chi connectivity index (χ0) is 10.7. The van der Waals surface area contributed by atoms with Gasteiger partial charge in [-0.25, -0.2) is 0 Å². The number of benzene rings is 1. The van der Waals surface area contributed by atoms with E-state index in [1.807, 2.05) is 31.2 Å². The van der Waals surface area contributed by atoms with Crippen LogP contribution in [-0.4, -0.2) is 17.1 Å². The van der Waals surface area contributed by atoms with Crippen LogP contribution in [0.4, 0.5) is 0 Å². The van der Waals surface area contributed by atoms with Gasteiger partial charge in [0, 0.05) is 0 Å².